The topological polar surface area (TPSA) is 29.1 Å². The first-order valence-electron chi connectivity index (χ1n) is 4.04. The van der Waals surface area contributed by atoms with Crippen molar-refractivity contribution in [2.75, 3.05) is 5.33 Å². The predicted octanol–water partition coefficient (Wildman–Crippen LogP) is 2.57. The summed E-state index contributed by atoms with van der Waals surface area (Å²) in [5.41, 5.74) is 1.84. The first-order valence-corrected chi connectivity index (χ1v) is 6.11. The standard InChI is InChI=1S/C9H12BrNOS/c1-6-4-13-5-8(6)9(12)11-7(2)3-10/h4-5,7H,3H2,1-2H3,(H,11,12). The second-order valence-electron chi connectivity index (χ2n) is 3.00. The molecule has 1 aromatic heterocycles. The Labute approximate surface area is 90.5 Å². The van der Waals surface area contributed by atoms with E-state index in [-0.39, 0.29) is 11.9 Å². The van der Waals surface area contributed by atoms with Crippen LogP contribution in [0.1, 0.15) is 22.8 Å². The molecule has 0 fully saturated rings. The summed E-state index contributed by atoms with van der Waals surface area (Å²) in [4.78, 5) is 11.6. The molecule has 0 spiro atoms. The highest BCUT2D eigenvalue weighted by atomic mass is 79.9. The lowest BCUT2D eigenvalue weighted by Gasteiger charge is -2.09. The molecule has 0 saturated heterocycles. The van der Waals surface area contributed by atoms with Crippen LogP contribution in [0.3, 0.4) is 0 Å². The molecule has 0 aliphatic carbocycles. The molecule has 1 rings (SSSR count). The summed E-state index contributed by atoms with van der Waals surface area (Å²) in [6, 6.07) is 0.173. The fourth-order valence-electron chi connectivity index (χ4n) is 0.933. The summed E-state index contributed by atoms with van der Waals surface area (Å²) in [7, 11) is 0. The van der Waals surface area contributed by atoms with Gasteiger partial charge in [-0.3, -0.25) is 4.79 Å². The van der Waals surface area contributed by atoms with Gasteiger partial charge < -0.3 is 5.32 Å². The smallest absolute Gasteiger partial charge is 0.252 e. The Morgan fingerprint density at radius 1 is 1.69 bits per heavy atom. The molecule has 2 nitrogen and oxygen atoms in total. The van der Waals surface area contributed by atoms with Crippen LogP contribution in [0.2, 0.25) is 0 Å². The Morgan fingerprint density at radius 2 is 2.38 bits per heavy atom. The lowest BCUT2D eigenvalue weighted by atomic mass is 10.2. The summed E-state index contributed by atoms with van der Waals surface area (Å²) in [6.07, 6.45) is 0. The van der Waals surface area contributed by atoms with Crippen LogP contribution in [0.15, 0.2) is 10.8 Å². The van der Waals surface area contributed by atoms with E-state index in [1.54, 1.807) is 11.3 Å². The van der Waals surface area contributed by atoms with Gasteiger partial charge in [0, 0.05) is 16.8 Å². The van der Waals surface area contributed by atoms with E-state index in [1.165, 1.54) is 0 Å². The average molecular weight is 262 g/mol. The summed E-state index contributed by atoms with van der Waals surface area (Å²) in [5.74, 6) is 0.0192. The molecule has 13 heavy (non-hydrogen) atoms. The molecule has 0 radical (unpaired) electrons. The highest BCUT2D eigenvalue weighted by molar-refractivity contribution is 9.09. The Morgan fingerprint density at radius 3 is 2.85 bits per heavy atom. The maximum absolute atomic E-state index is 11.6. The van der Waals surface area contributed by atoms with Crippen molar-refractivity contribution in [2.24, 2.45) is 0 Å². The van der Waals surface area contributed by atoms with Gasteiger partial charge in [-0.2, -0.15) is 11.3 Å². The Bertz CT molecular complexity index is 298. The number of thiophene rings is 1. The summed E-state index contributed by atoms with van der Waals surface area (Å²) in [5, 5.41) is 7.53. The number of hydrogen-bond acceptors (Lipinski definition) is 2. The molecule has 1 amide bonds. The Balaban J connectivity index is 2.64. The van der Waals surface area contributed by atoms with Gasteiger partial charge in [-0.15, -0.1) is 0 Å². The number of alkyl halides is 1. The molecule has 0 aliphatic rings. The van der Waals surface area contributed by atoms with Gasteiger partial charge in [0.25, 0.3) is 5.91 Å². The van der Waals surface area contributed by atoms with E-state index in [9.17, 15) is 4.79 Å². The van der Waals surface area contributed by atoms with Crippen molar-refractivity contribution in [3.8, 4) is 0 Å². The lowest BCUT2D eigenvalue weighted by molar-refractivity contribution is 0.0944. The second-order valence-corrected chi connectivity index (χ2v) is 4.39. The Kier molecular flexibility index (Phi) is 3.93. The molecular formula is C9H12BrNOS. The number of hydrogen-bond donors (Lipinski definition) is 1. The molecule has 1 N–H and O–H groups in total. The van der Waals surface area contributed by atoms with Crippen molar-refractivity contribution in [1.29, 1.82) is 0 Å². The van der Waals surface area contributed by atoms with Crippen molar-refractivity contribution in [2.45, 2.75) is 19.9 Å². The molecule has 0 bridgehead atoms. The number of amides is 1. The van der Waals surface area contributed by atoms with E-state index < -0.39 is 0 Å². The van der Waals surface area contributed by atoms with Gasteiger partial charge in [0.05, 0.1) is 5.56 Å². The molecule has 1 heterocycles. The monoisotopic (exact) mass is 261 g/mol. The molecule has 0 aliphatic heterocycles. The number of rotatable bonds is 3. The minimum Gasteiger partial charge on any atom is -0.349 e. The highest BCUT2D eigenvalue weighted by Crippen LogP contribution is 2.13. The third kappa shape index (κ3) is 2.81. The number of carbonyl (C=O) groups excluding carboxylic acids is 1. The fraction of sp³-hybridized carbons (Fsp3) is 0.444. The molecule has 0 saturated carbocycles. The van der Waals surface area contributed by atoms with Crippen LogP contribution >= 0.6 is 27.3 Å². The quantitative estimate of drug-likeness (QED) is 0.833. The third-order valence-corrected chi connectivity index (χ3v) is 3.54. The predicted molar refractivity (Wildman–Crippen MR) is 59.8 cm³/mol. The van der Waals surface area contributed by atoms with Gasteiger partial charge in [0.2, 0.25) is 0 Å². The van der Waals surface area contributed by atoms with Gasteiger partial charge in [0.15, 0.2) is 0 Å². The number of nitrogens with one attached hydrogen (secondary N) is 1. The van der Waals surface area contributed by atoms with E-state index in [4.69, 9.17) is 0 Å². The van der Waals surface area contributed by atoms with E-state index in [0.717, 1.165) is 16.5 Å². The van der Waals surface area contributed by atoms with E-state index in [0.29, 0.717) is 0 Å². The van der Waals surface area contributed by atoms with Crippen LogP contribution in [-0.4, -0.2) is 17.3 Å². The van der Waals surface area contributed by atoms with Gasteiger partial charge in [-0.1, -0.05) is 15.9 Å². The van der Waals surface area contributed by atoms with E-state index in [1.807, 2.05) is 24.6 Å². The van der Waals surface area contributed by atoms with E-state index >= 15 is 0 Å². The summed E-state index contributed by atoms with van der Waals surface area (Å²) >= 11 is 4.87. The van der Waals surface area contributed by atoms with Gasteiger partial charge in [-0.05, 0) is 24.8 Å². The number of halogens is 1. The minimum absolute atomic E-state index is 0.0192. The van der Waals surface area contributed by atoms with Gasteiger partial charge in [-0.25, -0.2) is 0 Å². The second kappa shape index (κ2) is 4.77. The number of aryl methyl sites for hydroxylation is 1. The minimum atomic E-state index is 0.0192. The third-order valence-electron chi connectivity index (χ3n) is 1.71. The van der Waals surface area contributed by atoms with Gasteiger partial charge >= 0.3 is 0 Å². The molecule has 0 aromatic carbocycles. The van der Waals surface area contributed by atoms with Gasteiger partial charge in [0.1, 0.15) is 0 Å². The van der Waals surface area contributed by atoms with Crippen molar-refractivity contribution in [3.05, 3.63) is 21.9 Å². The fourth-order valence-corrected chi connectivity index (χ4v) is 1.92. The largest absolute Gasteiger partial charge is 0.349 e. The summed E-state index contributed by atoms with van der Waals surface area (Å²) < 4.78 is 0. The Hall–Kier alpha value is -0.350. The zero-order chi connectivity index (χ0) is 9.84. The zero-order valence-corrected chi connectivity index (χ0v) is 10.0. The molecule has 72 valence electrons. The normalized spacial score (nSPS) is 12.5. The van der Waals surface area contributed by atoms with Crippen LogP contribution in [0.25, 0.3) is 0 Å². The summed E-state index contributed by atoms with van der Waals surface area (Å²) in [6.45, 7) is 3.92. The molecule has 1 aromatic rings. The average Bonchev–Trinajstić information content (AvgIpc) is 2.51. The van der Waals surface area contributed by atoms with Crippen LogP contribution in [0.5, 0.6) is 0 Å². The van der Waals surface area contributed by atoms with Crippen LogP contribution in [0, 0.1) is 6.92 Å². The maximum atomic E-state index is 11.6. The molecular weight excluding hydrogens is 250 g/mol. The highest BCUT2D eigenvalue weighted by Gasteiger charge is 2.11. The first-order chi connectivity index (χ1) is 6.15. The van der Waals surface area contributed by atoms with Crippen LogP contribution in [-0.2, 0) is 0 Å². The molecule has 1 unspecified atom stereocenters. The number of carbonyl (C=O) groups is 1. The van der Waals surface area contributed by atoms with Crippen molar-refractivity contribution in [1.82, 2.24) is 5.32 Å². The van der Waals surface area contributed by atoms with Crippen molar-refractivity contribution in [3.63, 3.8) is 0 Å². The van der Waals surface area contributed by atoms with Crippen molar-refractivity contribution < 1.29 is 4.79 Å². The van der Waals surface area contributed by atoms with E-state index in [2.05, 4.69) is 21.2 Å². The lowest BCUT2D eigenvalue weighted by Crippen LogP contribution is -2.33. The van der Waals surface area contributed by atoms with Crippen LogP contribution in [0.4, 0.5) is 0 Å². The molecule has 4 heteroatoms. The zero-order valence-electron chi connectivity index (χ0n) is 7.63. The molecule has 1 atom stereocenters. The maximum Gasteiger partial charge on any atom is 0.252 e. The SMILES string of the molecule is Cc1cscc1C(=O)NC(C)CBr. The van der Waals surface area contributed by atoms with Crippen molar-refractivity contribution >= 4 is 33.2 Å². The van der Waals surface area contributed by atoms with Crippen LogP contribution < -0.4 is 5.32 Å². The first kappa shape index (κ1) is 10.7.